The summed E-state index contributed by atoms with van der Waals surface area (Å²) in [5.41, 5.74) is 0.859. The van der Waals surface area contributed by atoms with E-state index in [1.165, 1.54) is 5.56 Å². The maximum absolute atomic E-state index is 11.9. The highest BCUT2D eigenvalue weighted by Crippen LogP contribution is 2.21. The van der Waals surface area contributed by atoms with Crippen LogP contribution >= 0.6 is 0 Å². The molecule has 0 aliphatic carbocycles. The van der Waals surface area contributed by atoms with Crippen molar-refractivity contribution in [3.05, 3.63) is 35.9 Å². The Labute approximate surface area is 127 Å². The zero-order valence-electron chi connectivity index (χ0n) is 13.4. The van der Waals surface area contributed by atoms with E-state index >= 15 is 0 Å². The third-order valence-electron chi connectivity index (χ3n) is 3.82. The molecule has 1 aromatic rings. The minimum absolute atomic E-state index is 0.156. The van der Waals surface area contributed by atoms with Gasteiger partial charge >= 0.3 is 6.09 Å². The van der Waals surface area contributed by atoms with Crippen LogP contribution in [0.15, 0.2) is 30.3 Å². The number of nitrogens with zero attached hydrogens (tertiary/aromatic N) is 1. The van der Waals surface area contributed by atoms with Crippen LogP contribution in [-0.2, 0) is 11.3 Å². The zero-order valence-corrected chi connectivity index (χ0v) is 13.4. The summed E-state index contributed by atoms with van der Waals surface area (Å²) in [6.07, 6.45) is 0.647. The van der Waals surface area contributed by atoms with Crippen molar-refractivity contribution in [1.82, 2.24) is 10.2 Å². The van der Waals surface area contributed by atoms with E-state index < -0.39 is 5.60 Å². The molecule has 0 radical (unpaired) electrons. The van der Waals surface area contributed by atoms with Crippen LogP contribution in [0.5, 0.6) is 0 Å². The van der Waals surface area contributed by atoms with Crippen LogP contribution in [0, 0.1) is 0 Å². The lowest BCUT2D eigenvalue weighted by Gasteiger charge is -2.26. The van der Waals surface area contributed by atoms with E-state index in [9.17, 15) is 4.79 Å². The van der Waals surface area contributed by atoms with E-state index in [2.05, 4.69) is 41.4 Å². The lowest BCUT2D eigenvalue weighted by Crippen LogP contribution is -2.45. The first-order chi connectivity index (χ1) is 9.85. The summed E-state index contributed by atoms with van der Waals surface area (Å²) in [4.78, 5) is 14.3. The van der Waals surface area contributed by atoms with Crippen molar-refractivity contribution >= 4 is 6.09 Å². The highest BCUT2D eigenvalue weighted by Gasteiger charge is 2.32. The Balaban J connectivity index is 1.87. The van der Waals surface area contributed by atoms with Crippen LogP contribution in [0.4, 0.5) is 4.79 Å². The van der Waals surface area contributed by atoms with Crippen LogP contribution in [-0.4, -0.2) is 35.2 Å². The Kier molecular flexibility index (Phi) is 4.88. The first-order valence-corrected chi connectivity index (χ1v) is 7.62. The van der Waals surface area contributed by atoms with Gasteiger partial charge in [-0.3, -0.25) is 4.90 Å². The highest BCUT2D eigenvalue weighted by molar-refractivity contribution is 5.68. The van der Waals surface area contributed by atoms with Gasteiger partial charge in [-0.15, -0.1) is 0 Å². The fraction of sp³-hybridized carbons (Fsp3) is 0.588. The second-order valence-electron chi connectivity index (χ2n) is 6.74. The number of likely N-dealkylation sites (tertiary alicyclic amines) is 1. The summed E-state index contributed by atoms with van der Waals surface area (Å²) in [6, 6.07) is 10.9. The molecular formula is C17H26N2O2. The predicted molar refractivity (Wildman–Crippen MR) is 84.1 cm³/mol. The highest BCUT2D eigenvalue weighted by atomic mass is 16.6. The third kappa shape index (κ3) is 4.74. The maximum Gasteiger partial charge on any atom is 0.407 e. The van der Waals surface area contributed by atoms with Gasteiger partial charge in [-0.05, 0) is 39.7 Å². The van der Waals surface area contributed by atoms with E-state index in [4.69, 9.17) is 4.74 Å². The van der Waals surface area contributed by atoms with Crippen molar-refractivity contribution in [3.8, 4) is 0 Å². The second kappa shape index (κ2) is 6.48. The van der Waals surface area contributed by atoms with Crippen molar-refractivity contribution in [1.29, 1.82) is 0 Å². The topological polar surface area (TPSA) is 41.6 Å². The molecule has 4 nitrogen and oxygen atoms in total. The molecule has 0 bridgehead atoms. The van der Waals surface area contributed by atoms with Gasteiger partial charge in [0.15, 0.2) is 0 Å². The zero-order chi connectivity index (χ0) is 15.5. The fourth-order valence-electron chi connectivity index (χ4n) is 2.70. The molecular weight excluding hydrogens is 264 g/mol. The Hall–Kier alpha value is -1.55. The molecule has 1 aromatic carbocycles. The van der Waals surface area contributed by atoms with Gasteiger partial charge in [-0.1, -0.05) is 30.3 Å². The summed E-state index contributed by atoms with van der Waals surface area (Å²) < 4.78 is 5.33. The summed E-state index contributed by atoms with van der Waals surface area (Å²) in [5, 5.41) is 3.00. The Morgan fingerprint density at radius 3 is 2.62 bits per heavy atom. The van der Waals surface area contributed by atoms with Gasteiger partial charge in [0, 0.05) is 25.2 Å². The van der Waals surface area contributed by atoms with Gasteiger partial charge in [-0.2, -0.15) is 0 Å². The molecule has 2 unspecified atom stereocenters. The predicted octanol–water partition coefficient (Wildman–Crippen LogP) is 3.17. The molecule has 21 heavy (non-hydrogen) atoms. The molecule has 1 heterocycles. The van der Waals surface area contributed by atoms with Gasteiger partial charge in [0.1, 0.15) is 5.60 Å². The van der Waals surface area contributed by atoms with E-state index in [0.29, 0.717) is 6.04 Å². The molecule has 2 rings (SSSR count). The normalized spacial score (nSPS) is 23.0. The number of alkyl carbamates (subject to hydrolysis) is 1. The van der Waals surface area contributed by atoms with Crippen molar-refractivity contribution < 1.29 is 9.53 Å². The fourth-order valence-corrected chi connectivity index (χ4v) is 2.70. The first kappa shape index (κ1) is 15.8. The van der Waals surface area contributed by atoms with Crippen molar-refractivity contribution in [2.45, 2.75) is 58.3 Å². The third-order valence-corrected chi connectivity index (χ3v) is 3.82. The number of hydrogen-bond acceptors (Lipinski definition) is 3. The number of nitrogens with one attached hydrogen (secondary N) is 1. The molecule has 1 aliphatic rings. The summed E-state index contributed by atoms with van der Waals surface area (Å²) in [7, 11) is 0. The Morgan fingerprint density at radius 2 is 2.00 bits per heavy atom. The molecule has 0 spiro atoms. The van der Waals surface area contributed by atoms with Crippen LogP contribution in [0.25, 0.3) is 0 Å². The van der Waals surface area contributed by atoms with Crippen LogP contribution in [0.1, 0.15) is 39.7 Å². The number of hydrogen-bond donors (Lipinski definition) is 1. The second-order valence-corrected chi connectivity index (χ2v) is 6.74. The minimum Gasteiger partial charge on any atom is -0.444 e. The molecule has 4 heteroatoms. The molecule has 0 aromatic heterocycles. The number of amides is 1. The molecule has 1 saturated heterocycles. The van der Waals surface area contributed by atoms with E-state index in [1.54, 1.807) is 0 Å². The Morgan fingerprint density at radius 1 is 1.33 bits per heavy atom. The molecule has 1 fully saturated rings. The van der Waals surface area contributed by atoms with E-state index in [0.717, 1.165) is 19.5 Å². The van der Waals surface area contributed by atoms with Gasteiger partial charge < -0.3 is 10.1 Å². The van der Waals surface area contributed by atoms with Gasteiger partial charge in [0.05, 0.1) is 0 Å². The van der Waals surface area contributed by atoms with Crippen molar-refractivity contribution in [2.24, 2.45) is 0 Å². The van der Waals surface area contributed by atoms with Crippen molar-refractivity contribution in [3.63, 3.8) is 0 Å². The number of benzene rings is 1. The molecule has 1 aliphatic heterocycles. The van der Waals surface area contributed by atoms with Crippen LogP contribution < -0.4 is 5.32 Å². The molecule has 1 N–H and O–H groups in total. The van der Waals surface area contributed by atoms with Crippen LogP contribution in [0.3, 0.4) is 0 Å². The van der Waals surface area contributed by atoms with Crippen LogP contribution in [0.2, 0.25) is 0 Å². The molecule has 1 amide bonds. The Bertz CT molecular complexity index is 467. The summed E-state index contributed by atoms with van der Waals surface area (Å²) in [6.45, 7) is 9.73. The standard InChI is InChI=1S/C17H26N2O2/c1-13-15(18-16(20)21-17(2,3)4)10-11-19(13)12-14-8-6-5-7-9-14/h5-9,13,15H,10-12H2,1-4H3,(H,18,20). The number of rotatable bonds is 3. The monoisotopic (exact) mass is 290 g/mol. The number of ether oxygens (including phenoxy) is 1. The maximum atomic E-state index is 11.9. The van der Waals surface area contributed by atoms with Gasteiger partial charge in [0.25, 0.3) is 0 Å². The SMILES string of the molecule is CC1C(NC(=O)OC(C)(C)C)CCN1Cc1ccccc1. The summed E-state index contributed by atoms with van der Waals surface area (Å²) in [5.74, 6) is 0. The number of carbonyl (C=O) groups is 1. The lowest BCUT2D eigenvalue weighted by atomic mass is 10.1. The van der Waals surface area contributed by atoms with Gasteiger partial charge in [0.2, 0.25) is 0 Å². The molecule has 0 saturated carbocycles. The van der Waals surface area contributed by atoms with E-state index in [-0.39, 0.29) is 12.1 Å². The lowest BCUT2D eigenvalue weighted by molar-refractivity contribution is 0.0493. The first-order valence-electron chi connectivity index (χ1n) is 7.62. The minimum atomic E-state index is -0.449. The largest absolute Gasteiger partial charge is 0.444 e. The molecule has 116 valence electrons. The molecule has 2 atom stereocenters. The quantitative estimate of drug-likeness (QED) is 0.929. The average molecular weight is 290 g/mol. The summed E-state index contributed by atoms with van der Waals surface area (Å²) >= 11 is 0. The number of carbonyl (C=O) groups excluding carboxylic acids is 1. The van der Waals surface area contributed by atoms with Crippen molar-refractivity contribution in [2.75, 3.05) is 6.54 Å². The van der Waals surface area contributed by atoms with Gasteiger partial charge in [-0.25, -0.2) is 4.79 Å². The average Bonchev–Trinajstić information content (AvgIpc) is 2.70. The van der Waals surface area contributed by atoms with E-state index in [1.807, 2.05) is 26.8 Å². The smallest absolute Gasteiger partial charge is 0.407 e.